The van der Waals surface area contributed by atoms with Gasteiger partial charge in [0.1, 0.15) is 0 Å². The van der Waals surface area contributed by atoms with Gasteiger partial charge in [-0.15, -0.1) is 0 Å². The molecule has 2 N–H and O–H groups in total. The Morgan fingerprint density at radius 3 is 2.73 bits per heavy atom. The molecular formula is C9H12N2O3S. The molecule has 1 rings (SSSR count). The highest BCUT2D eigenvalue weighted by molar-refractivity contribution is 7.98. The van der Waals surface area contributed by atoms with Crippen LogP contribution in [0.4, 0.5) is 0 Å². The van der Waals surface area contributed by atoms with E-state index in [1.165, 1.54) is 11.8 Å². The first-order chi connectivity index (χ1) is 7.04. The second kappa shape index (κ2) is 4.97. The zero-order valence-corrected chi connectivity index (χ0v) is 9.35. The molecule has 0 radical (unpaired) electrons. The standard InChI is InChI=1S/C9H12N2O3S/c1-5-6(3-4-7(12)13)8(14)11-9(10-5)15-2/h3-4H2,1-2H3,(H,12,13)(H,10,11,14). The smallest absolute Gasteiger partial charge is 0.303 e. The van der Waals surface area contributed by atoms with Gasteiger partial charge in [0, 0.05) is 17.7 Å². The van der Waals surface area contributed by atoms with Crippen LogP contribution in [0.25, 0.3) is 0 Å². The fourth-order valence-corrected chi connectivity index (χ4v) is 1.63. The number of nitrogens with zero attached hydrogens (tertiary/aromatic N) is 1. The summed E-state index contributed by atoms with van der Waals surface area (Å²) in [4.78, 5) is 28.7. The fourth-order valence-electron chi connectivity index (χ4n) is 1.21. The van der Waals surface area contributed by atoms with E-state index in [1.54, 1.807) is 6.92 Å². The molecule has 1 heterocycles. The Kier molecular flexibility index (Phi) is 3.90. The molecule has 1 aromatic rings. The SMILES string of the molecule is CSc1nc(C)c(CCC(=O)O)c(=O)[nH]1. The molecule has 0 saturated heterocycles. The highest BCUT2D eigenvalue weighted by atomic mass is 32.2. The number of carboxylic acids is 1. The highest BCUT2D eigenvalue weighted by Gasteiger charge is 2.09. The van der Waals surface area contributed by atoms with Crippen molar-refractivity contribution in [1.29, 1.82) is 0 Å². The van der Waals surface area contributed by atoms with E-state index in [-0.39, 0.29) is 18.4 Å². The summed E-state index contributed by atoms with van der Waals surface area (Å²) in [6, 6.07) is 0. The molecule has 15 heavy (non-hydrogen) atoms. The average Bonchev–Trinajstić information content (AvgIpc) is 2.15. The summed E-state index contributed by atoms with van der Waals surface area (Å²) >= 11 is 1.35. The van der Waals surface area contributed by atoms with E-state index in [4.69, 9.17) is 5.11 Å². The number of H-pyrrole nitrogens is 1. The first-order valence-electron chi connectivity index (χ1n) is 4.40. The molecule has 0 spiro atoms. The second-order valence-corrected chi connectivity index (χ2v) is 3.83. The Hall–Kier alpha value is -1.30. The number of hydrogen-bond donors (Lipinski definition) is 2. The van der Waals surface area contributed by atoms with Crippen molar-refractivity contribution in [3.63, 3.8) is 0 Å². The number of rotatable bonds is 4. The minimum Gasteiger partial charge on any atom is -0.481 e. The Morgan fingerprint density at radius 2 is 2.27 bits per heavy atom. The number of carbonyl (C=O) groups is 1. The van der Waals surface area contributed by atoms with Crippen LogP contribution in [0, 0.1) is 6.92 Å². The third-order valence-electron chi connectivity index (χ3n) is 1.98. The number of aromatic nitrogens is 2. The third kappa shape index (κ3) is 3.09. The van der Waals surface area contributed by atoms with E-state index in [0.29, 0.717) is 16.4 Å². The minimum atomic E-state index is -0.914. The normalized spacial score (nSPS) is 10.3. The molecule has 82 valence electrons. The van der Waals surface area contributed by atoms with Crippen LogP contribution in [0.1, 0.15) is 17.7 Å². The maximum Gasteiger partial charge on any atom is 0.303 e. The van der Waals surface area contributed by atoms with Crippen LogP contribution < -0.4 is 5.56 Å². The zero-order chi connectivity index (χ0) is 11.4. The van der Waals surface area contributed by atoms with Gasteiger partial charge in [0.25, 0.3) is 5.56 Å². The monoisotopic (exact) mass is 228 g/mol. The second-order valence-electron chi connectivity index (χ2n) is 3.03. The number of hydrogen-bond acceptors (Lipinski definition) is 4. The number of aromatic amines is 1. The molecule has 0 bridgehead atoms. The van der Waals surface area contributed by atoms with E-state index in [0.717, 1.165) is 0 Å². The molecule has 0 amide bonds. The lowest BCUT2D eigenvalue weighted by Crippen LogP contribution is -2.18. The van der Waals surface area contributed by atoms with Crippen LogP contribution in [0.15, 0.2) is 9.95 Å². The van der Waals surface area contributed by atoms with Gasteiger partial charge in [0.15, 0.2) is 5.16 Å². The lowest BCUT2D eigenvalue weighted by molar-refractivity contribution is -0.136. The van der Waals surface area contributed by atoms with E-state index >= 15 is 0 Å². The molecular weight excluding hydrogens is 216 g/mol. The van der Waals surface area contributed by atoms with Crippen molar-refractivity contribution in [2.45, 2.75) is 24.9 Å². The van der Waals surface area contributed by atoms with E-state index < -0.39 is 5.97 Å². The lowest BCUT2D eigenvalue weighted by Gasteiger charge is -2.03. The van der Waals surface area contributed by atoms with Crippen molar-refractivity contribution < 1.29 is 9.90 Å². The molecule has 0 aliphatic carbocycles. The molecule has 0 saturated carbocycles. The zero-order valence-electron chi connectivity index (χ0n) is 8.53. The summed E-state index contributed by atoms with van der Waals surface area (Å²) in [7, 11) is 0. The van der Waals surface area contributed by atoms with Crippen molar-refractivity contribution in [2.75, 3.05) is 6.26 Å². The lowest BCUT2D eigenvalue weighted by atomic mass is 10.1. The van der Waals surface area contributed by atoms with Crippen molar-refractivity contribution in [3.8, 4) is 0 Å². The van der Waals surface area contributed by atoms with Crippen molar-refractivity contribution >= 4 is 17.7 Å². The summed E-state index contributed by atoms with van der Waals surface area (Å²) in [6.45, 7) is 1.71. The maximum absolute atomic E-state index is 11.5. The summed E-state index contributed by atoms with van der Waals surface area (Å²) in [5.74, 6) is -0.914. The van der Waals surface area contributed by atoms with Gasteiger partial charge >= 0.3 is 5.97 Å². The highest BCUT2D eigenvalue weighted by Crippen LogP contribution is 2.09. The van der Waals surface area contributed by atoms with Gasteiger partial charge in [-0.3, -0.25) is 9.59 Å². The van der Waals surface area contributed by atoms with Crippen LogP contribution in [0.3, 0.4) is 0 Å². The first-order valence-corrected chi connectivity index (χ1v) is 5.62. The van der Waals surface area contributed by atoms with Crippen LogP contribution in [0.2, 0.25) is 0 Å². The van der Waals surface area contributed by atoms with Crippen LogP contribution in [-0.4, -0.2) is 27.3 Å². The number of carboxylic acid groups (broad SMARTS) is 1. The fraction of sp³-hybridized carbons (Fsp3) is 0.444. The molecule has 6 heteroatoms. The number of thioether (sulfide) groups is 1. The van der Waals surface area contributed by atoms with Gasteiger partial charge in [-0.2, -0.15) is 0 Å². The van der Waals surface area contributed by atoms with Gasteiger partial charge < -0.3 is 10.1 Å². The Bertz CT molecular complexity index is 428. The minimum absolute atomic E-state index is 0.0514. The van der Waals surface area contributed by atoms with Gasteiger partial charge in [0.05, 0.1) is 0 Å². The molecule has 5 nitrogen and oxygen atoms in total. The van der Waals surface area contributed by atoms with Gasteiger partial charge in [-0.05, 0) is 19.6 Å². The number of aliphatic carboxylic acids is 1. The van der Waals surface area contributed by atoms with Crippen molar-refractivity contribution in [2.24, 2.45) is 0 Å². The number of nitrogens with one attached hydrogen (secondary N) is 1. The topological polar surface area (TPSA) is 83.0 Å². The summed E-state index contributed by atoms with van der Waals surface area (Å²) in [5, 5.41) is 9.07. The predicted octanol–water partition coefficient (Wildman–Crippen LogP) is 0.817. The van der Waals surface area contributed by atoms with Gasteiger partial charge in [0.2, 0.25) is 0 Å². The van der Waals surface area contributed by atoms with E-state index in [1.807, 2.05) is 6.26 Å². The molecule has 1 aromatic heterocycles. The van der Waals surface area contributed by atoms with E-state index in [2.05, 4.69) is 9.97 Å². The van der Waals surface area contributed by atoms with Crippen LogP contribution in [-0.2, 0) is 11.2 Å². The number of aryl methyl sites for hydroxylation is 1. The van der Waals surface area contributed by atoms with E-state index in [9.17, 15) is 9.59 Å². The molecule has 0 unspecified atom stereocenters. The van der Waals surface area contributed by atoms with Crippen molar-refractivity contribution in [3.05, 3.63) is 21.6 Å². The molecule has 0 aliphatic rings. The summed E-state index contributed by atoms with van der Waals surface area (Å²) in [5.41, 5.74) is 0.813. The van der Waals surface area contributed by atoms with Crippen molar-refractivity contribution in [1.82, 2.24) is 9.97 Å². The first kappa shape index (κ1) is 11.8. The molecule has 0 aliphatic heterocycles. The van der Waals surface area contributed by atoms with Crippen LogP contribution >= 0.6 is 11.8 Å². The molecule has 0 atom stereocenters. The summed E-state index contributed by atoms with van der Waals surface area (Å²) in [6.07, 6.45) is 1.98. The van der Waals surface area contributed by atoms with Gasteiger partial charge in [-0.1, -0.05) is 11.8 Å². The predicted molar refractivity (Wildman–Crippen MR) is 57.3 cm³/mol. The van der Waals surface area contributed by atoms with Crippen LogP contribution in [0.5, 0.6) is 0 Å². The molecule has 0 fully saturated rings. The van der Waals surface area contributed by atoms with Gasteiger partial charge in [-0.25, -0.2) is 4.98 Å². The molecule has 0 aromatic carbocycles. The Labute approximate surface area is 90.9 Å². The Morgan fingerprint density at radius 1 is 1.60 bits per heavy atom. The summed E-state index contributed by atoms with van der Waals surface area (Å²) < 4.78 is 0. The quantitative estimate of drug-likeness (QED) is 0.588. The third-order valence-corrected chi connectivity index (χ3v) is 2.56. The largest absolute Gasteiger partial charge is 0.481 e. The Balaban J connectivity index is 2.98. The maximum atomic E-state index is 11.5. The average molecular weight is 228 g/mol.